The molecule has 2 N–H and O–H groups in total. The van der Waals surface area contributed by atoms with E-state index in [4.69, 9.17) is 9.84 Å². The zero-order valence-electron chi connectivity index (χ0n) is 11.4. The van der Waals surface area contributed by atoms with Gasteiger partial charge in [0, 0.05) is 30.2 Å². The highest BCUT2D eigenvalue weighted by atomic mass is 16.5. The van der Waals surface area contributed by atoms with Gasteiger partial charge in [-0.1, -0.05) is 6.07 Å². The zero-order chi connectivity index (χ0) is 15.1. The molecule has 6 heteroatoms. The molecule has 2 rings (SSSR count). The number of ether oxygens (including phenoxy) is 1. The van der Waals surface area contributed by atoms with Crippen LogP contribution in [0.5, 0.6) is 0 Å². The van der Waals surface area contributed by atoms with Crippen LogP contribution in [0, 0.1) is 0 Å². The third-order valence-electron chi connectivity index (χ3n) is 2.77. The molecule has 0 aliphatic heterocycles. The largest absolute Gasteiger partial charge is 0.480 e. The Kier molecular flexibility index (Phi) is 5.11. The monoisotopic (exact) mass is 288 g/mol. The molecule has 0 bridgehead atoms. The molecule has 0 unspecified atom stereocenters. The highest BCUT2D eigenvalue weighted by molar-refractivity contribution is 5.94. The van der Waals surface area contributed by atoms with Crippen molar-refractivity contribution < 1.29 is 19.4 Å². The molecule has 6 nitrogen and oxygen atoms in total. The summed E-state index contributed by atoms with van der Waals surface area (Å²) in [7, 11) is 0. The second kappa shape index (κ2) is 7.25. The van der Waals surface area contributed by atoms with Gasteiger partial charge in [0.1, 0.15) is 6.61 Å². The lowest BCUT2D eigenvalue weighted by molar-refractivity contribution is -0.142. The molecule has 0 aliphatic rings. The number of benzene rings is 1. The van der Waals surface area contributed by atoms with Gasteiger partial charge in [0.2, 0.25) is 0 Å². The van der Waals surface area contributed by atoms with E-state index in [1.54, 1.807) is 12.1 Å². The maximum absolute atomic E-state index is 12.0. The van der Waals surface area contributed by atoms with Crippen LogP contribution in [0.2, 0.25) is 0 Å². The van der Waals surface area contributed by atoms with Gasteiger partial charge in [0.25, 0.3) is 5.91 Å². The molecular weight excluding hydrogens is 272 g/mol. The fraction of sp³-hybridized carbons (Fsp3) is 0.200. The molecule has 2 aromatic rings. The number of aliphatic carboxylic acids is 1. The first-order chi connectivity index (χ1) is 10.2. The fourth-order valence-electron chi connectivity index (χ4n) is 1.81. The first kappa shape index (κ1) is 14.8. The van der Waals surface area contributed by atoms with Gasteiger partial charge in [-0.15, -0.1) is 0 Å². The summed E-state index contributed by atoms with van der Waals surface area (Å²) in [6.07, 6.45) is 3.80. The summed E-state index contributed by atoms with van der Waals surface area (Å²) in [4.78, 5) is 22.2. The number of carboxylic acids is 1. The minimum atomic E-state index is -1.03. The average Bonchev–Trinajstić information content (AvgIpc) is 3.01. The second-order valence-corrected chi connectivity index (χ2v) is 4.34. The number of nitrogens with zero attached hydrogens (tertiary/aromatic N) is 1. The number of carbonyl (C=O) groups is 2. The van der Waals surface area contributed by atoms with Crippen LogP contribution in [0.15, 0.2) is 48.8 Å². The molecular formula is C15H16N2O4. The van der Waals surface area contributed by atoms with Gasteiger partial charge in [-0.05, 0) is 30.3 Å². The quantitative estimate of drug-likeness (QED) is 0.753. The van der Waals surface area contributed by atoms with Crippen LogP contribution in [0.25, 0.3) is 5.69 Å². The molecule has 0 aliphatic carbocycles. The van der Waals surface area contributed by atoms with Crippen LogP contribution < -0.4 is 5.32 Å². The molecule has 0 spiro atoms. The lowest BCUT2D eigenvalue weighted by atomic mass is 10.2. The van der Waals surface area contributed by atoms with E-state index in [2.05, 4.69) is 5.32 Å². The van der Waals surface area contributed by atoms with E-state index in [1.807, 2.05) is 41.2 Å². The molecule has 0 saturated carbocycles. The lowest BCUT2D eigenvalue weighted by Gasteiger charge is -2.08. The van der Waals surface area contributed by atoms with Crippen molar-refractivity contribution in [2.45, 2.75) is 0 Å². The average molecular weight is 288 g/mol. The molecule has 110 valence electrons. The lowest BCUT2D eigenvalue weighted by Crippen LogP contribution is -2.28. The second-order valence-electron chi connectivity index (χ2n) is 4.34. The predicted molar refractivity (Wildman–Crippen MR) is 76.6 cm³/mol. The van der Waals surface area contributed by atoms with Crippen LogP contribution in [0.3, 0.4) is 0 Å². The summed E-state index contributed by atoms with van der Waals surface area (Å²) < 4.78 is 6.76. The van der Waals surface area contributed by atoms with Crippen molar-refractivity contribution in [2.24, 2.45) is 0 Å². The standard InChI is InChI=1S/C15H16N2O4/c18-14(19)11-21-9-6-16-15(20)12-4-3-5-13(10-12)17-7-1-2-8-17/h1-5,7-8,10H,6,9,11H2,(H,16,20)(H,18,19). The molecule has 1 amide bonds. The number of nitrogens with one attached hydrogen (secondary N) is 1. The Hall–Kier alpha value is -2.60. The third-order valence-corrected chi connectivity index (χ3v) is 2.77. The van der Waals surface area contributed by atoms with Crippen molar-refractivity contribution in [2.75, 3.05) is 19.8 Å². The minimum Gasteiger partial charge on any atom is -0.480 e. The number of hydrogen-bond donors (Lipinski definition) is 2. The summed E-state index contributed by atoms with van der Waals surface area (Å²) in [6, 6.07) is 11.0. The van der Waals surface area contributed by atoms with E-state index in [0.29, 0.717) is 5.56 Å². The van der Waals surface area contributed by atoms with E-state index >= 15 is 0 Å². The SMILES string of the molecule is O=C(O)COCCNC(=O)c1cccc(-n2cccc2)c1. The summed E-state index contributed by atoms with van der Waals surface area (Å²) >= 11 is 0. The topological polar surface area (TPSA) is 80.6 Å². The Morgan fingerprint density at radius 1 is 1.19 bits per heavy atom. The first-order valence-corrected chi connectivity index (χ1v) is 6.48. The molecule has 1 aromatic heterocycles. The smallest absolute Gasteiger partial charge is 0.329 e. The highest BCUT2D eigenvalue weighted by Gasteiger charge is 2.06. The Bertz CT molecular complexity index is 608. The Morgan fingerprint density at radius 2 is 1.95 bits per heavy atom. The van der Waals surface area contributed by atoms with Gasteiger partial charge >= 0.3 is 5.97 Å². The number of hydrogen-bond acceptors (Lipinski definition) is 3. The van der Waals surface area contributed by atoms with Crippen LogP contribution in [-0.2, 0) is 9.53 Å². The molecule has 1 aromatic carbocycles. The van der Waals surface area contributed by atoms with Gasteiger partial charge in [0.05, 0.1) is 6.61 Å². The molecule has 21 heavy (non-hydrogen) atoms. The molecule has 0 atom stereocenters. The molecule has 0 saturated heterocycles. The van der Waals surface area contributed by atoms with Crippen LogP contribution in [-0.4, -0.2) is 41.3 Å². The summed E-state index contributed by atoms with van der Waals surface area (Å²) in [5, 5.41) is 11.1. The Morgan fingerprint density at radius 3 is 2.67 bits per heavy atom. The maximum atomic E-state index is 12.0. The first-order valence-electron chi connectivity index (χ1n) is 6.48. The summed E-state index contributed by atoms with van der Waals surface area (Å²) in [6.45, 7) is 0.0637. The van der Waals surface area contributed by atoms with Crippen LogP contribution in [0.4, 0.5) is 0 Å². The molecule has 1 heterocycles. The summed E-state index contributed by atoms with van der Waals surface area (Å²) in [5.74, 6) is -1.25. The van der Waals surface area contributed by atoms with E-state index in [0.717, 1.165) is 5.69 Å². The van der Waals surface area contributed by atoms with Crippen LogP contribution >= 0.6 is 0 Å². The number of carbonyl (C=O) groups excluding carboxylic acids is 1. The maximum Gasteiger partial charge on any atom is 0.329 e. The van der Waals surface area contributed by atoms with Crippen molar-refractivity contribution in [3.05, 3.63) is 54.4 Å². The van der Waals surface area contributed by atoms with E-state index in [1.165, 1.54) is 0 Å². The van der Waals surface area contributed by atoms with Gasteiger partial charge in [-0.25, -0.2) is 4.79 Å². The van der Waals surface area contributed by atoms with Crippen molar-refractivity contribution >= 4 is 11.9 Å². The van der Waals surface area contributed by atoms with E-state index < -0.39 is 5.97 Å². The van der Waals surface area contributed by atoms with Crippen molar-refractivity contribution in [3.8, 4) is 5.69 Å². The number of amides is 1. The van der Waals surface area contributed by atoms with Crippen LogP contribution in [0.1, 0.15) is 10.4 Å². The molecule has 0 fully saturated rings. The summed E-state index contributed by atoms with van der Waals surface area (Å²) in [5.41, 5.74) is 1.44. The third kappa shape index (κ3) is 4.47. The fourth-order valence-corrected chi connectivity index (χ4v) is 1.81. The van der Waals surface area contributed by atoms with E-state index in [9.17, 15) is 9.59 Å². The van der Waals surface area contributed by atoms with Crippen molar-refractivity contribution in [1.29, 1.82) is 0 Å². The van der Waals surface area contributed by atoms with Gasteiger partial charge in [-0.2, -0.15) is 0 Å². The minimum absolute atomic E-state index is 0.162. The van der Waals surface area contributed by atoms with Gasteiger partial charge in [-0.3, -0.25) is 4.79 Å². The van der Waals surface area contributed by atoms with Gasteiger partial charge < -0.3 is 19.7 Å². The van der Waals surface area contributed by atoms with Gasteiger partial charge in [0.15, 0.2) is 0 Å². The number of rotatable bonds is 7. The Labute approximate surface area is 122 Å². The predicted octanol–water partition coefficient (Wildman–Crippen LogP) is 1.31. The van der Waals surface area contributed by atoms with E-state index in [-0.39, 0.29) is 25.7 Å². The number of carboxylic acid groups (broad SMARTS) is 1. The Balaban J connectivity index is 1.88. The van der Waals surface area contributed by atoms with Crippen molar-refractivity contribution in [3.63, 3.8) is 0 Å². The zero-order valence-corrected chi connectivity index (χ0v) is 11.4. The molecule has 0 radical (unpaired) electrons. The highest BCUT2D eigenvalue weighted by Crippen LogP contribution is 2.10. The normalized spacial score (nSPS) is 10.3. The number of aromatic nitrogens is 1. The van der Waals surface area contributed by atoms with Crippen molar-refractivity contribution in [1.82, 2.24) is 9.88 Å².